The number of nitrogens with zero attached hydrogens (tertiary/aromatic N) is 3. The highest BCUT2D eigenvalue weighted by Crippen LogP contribution is 2.31. The summed E-state index contributed by atoms with van der Waals surface area (Å²) in [7, 11) is -4.11. The first-order chi connectivity index (χ1) is 16.5. The third kappa shape index (κ3) is 6.98. The topological polar surface area (TPSA) is 148 Å². The molecule has 3 atom stereocenters. The van der Waals surface area contributed by atoms with Gasteiger partial charge in [-0.1, -0.05) is 0 Å². The molecule has 2 fully saturated rings. The number of rotatable bonds is 9. The third-order valence-corrected chi connectivity index (χ3v) is 7.60. The Morgan fingerprint density at radius 3 is 2.94 bits per heavy atom. The number of halogens is 2. The van der Waals surface area contributed by atoms with E-state index >= 15 is 0 Å². The minimum atomic E-state index is -4.11. The van der Waals surface area contributed by atoms with Crippen LogP contribution in [0.4, 0.5) is 14.6 Å². The van der Waals surface area contributed by atoms with Gasteiger partial charge >= 0.3 is 10.3 Å². The number of likely N-dealkylation sites (tertiary alicyclic amines) is 1. The zero-order valence-electron chi connectivity index (χ0n) is 18.8. The second-order valence-corrected chi connectivity index (χ2v) is 11.2. The Labute approximate surface area is 205 Å². The van der Waals surface area contributed by atoms with Crippen molar-refractivity contribution in [1.29, 1.82) is 0 Å². The molecule has 1 aliphatic heterocycles. The van der Waals surface area contributed by atoms with Gasteiger partial charge < -0.3 is 10.4 Å². The molecule has 14 heteroatoms. The maximum absolute atomic E-state index is 13.7. The lowest BCUT2D eigenvalue weighted by Gasteiger charge is -2.32. The molecule has 192 valence electrons. The molecule has 4 N–H and O–H groups in total. The van der Waals surface area contributed by atoms with Gasteiger partial charge in [-0.15, -0.1) is 11.3 Å². The number of thiophene rings is 1. The lowest BCUT2D eigenvalue weighted by Crippen LogP contribution is -2.41. The quantitative estimate of drug-likeness (QED) is 0.412. The summed E-state index contributed by atoms with van der Waals surface area (Å²) in [5.41, 5.74) is 1.03. The highest BCUT2D eigenvalue weighted by atomic mass is 32.2. The van der Waals surface area contributed by atoms with E-state index in [-0.39, 0.29) is 37.0 Å². The average Bonchev–Trinajstić information content (AvgIpc) is 3.37. The number of carbonyl (C=O) groups is 1. The van der Waals surface area contributed by atoms with Gasteiger partial charge in [0.1, 0.15) is 12.1 Å². The first kappa shape index (κ1) is 26.0. The van der Waals surface area contributed by atoms with Crippen molar-refractivity contribution in [3.05, 3.63) is 40.0 Å². The van der Waals surface area contributed by atoms with Crippen LogP contribution in [-0.4, -0.2) is 71.9 Å². The van der Waals surface area contributed by atoms with Crippen LogP contribution in [0.1, 0.15) is 46.5 Å². The second kappa shape index (κ2) is 10.5. The van der Waals surface area contributed by atoms with E-state index in [1.807, 2.05) is 0 Å². The van der Waals surface area contributed by atoms with Crippen LogP contribution in [0.25, 0.3) is 0 Å². The van der Waals surface area contributed by atoms with E-state index in [1.165, 1.54) is 23.9 Å². The van der Waals surface area contributed by atoms with Crippen molar-refractivity contribution in [2.24, 2.45) is 11.1 Å². The van der Waals surface area contributed by atoms with Crippen LogP contribution >= 0.6 is 11.3 Å². The molecule has 1 saturated heterocycles. The molecule has 2 aliphatic rings. The van der Waals surface area contributed by atoms with Crippen LogP contribution in [0.3, 0.4) is 0 Å². The summed E-state index contributed by atoms with van der Waals surface area (Å²) in [6, 6.07) is 1.43. The van der Waals surface area contributed by atoms with Crippen LogP contribution in [0.2, 0.25) is 0 Å². The van der Waals surface area contributed by atoms with Crippen LogP contribution in [0.15, 0.2) is 24.0 Å². The molecule has 10 nitrogen and oxygen atoms in total. The highest BCUT2D eigenvalue weighted by Gasteiger charge is 2.36. The van der Waals surface area contributed by atoms with Crippen LogP contribution in [-0.2, 0) is 21.0 Å². The lowest BCUT2D eigenvalue weighted by molar-refractivity contribution is -0.0660. The fourth-order valence-corrected chi connectivity index (χ4v) is 5.76. The number of anilines is 1. The molecule has 1 aliphatic carbocycles. The van der Waals surface area contributed by atoms with Gasteiger partial charge in [-0.3, -0.25) is 13.9 Å². The van der Waals surface area contributed by atoms with Crippen LogP contribution < -0.4 is 10.5 Å². The Bertz CT molecular complexity index is 1160. The number of nitrogens with two attached hydrogens (primary N) is 1. The largest absolute Gasteiger partial charge is 0.393 e. The fourth-order valence-electron chi connectivity index (χ4n) is 4.54. The average molecular weight is 532 g/mol. The van der Waals surface area contributed by atoms with Crippen molar-refractivity contribution >= 4 is 33.2 Å². The number of nitrogens with one attached hydrogen (secondary N) is 1. The van der Waals surface area contributed by atoms with Crippen molar-refractivity contribution in [2.45, 2.75) is 50.3 Å². The summed E-state index contributed by atoms with van der Waals surface area (Å²) in [6.45, 7) is 0.404. The fraction of sp³-hybridized carbons (Fsp3) is 0.571. The van der Waals surface area contributed by atoms with Gasteiger partial charge in [-0.05, 0) is 42.8 Å². The van der Waals surface area contributed by atoms with E-state index in [0.29, 0.717) is 43.0 Å². The Kier molecular flexibility index (Phi) is 7.78. The number of ketones is 1. The van der Waals surface area contributed by atoms with Crippen molar-refractivity contribution in [1.82, 2.24) is 14.9 Å². The monoisotopic (exact) mass is 531 g/mol. The number of aromatic nitrogens is 2. The van der Waals surface area contributed by atoms with E-state index < -0.39 is 28.2 Å². The molecule has 0 radical (unpaired) electrons. The number of carbonyl (C=O) groups excluding carboxylic acids is 1. The smallest absolute Gasteiger partial charge is 0.333 e. The van der Waals surface area contributed by atoms with Crippen molar-refractivity contribution in [3.8, 4) is 0 Å². The van der Waals surface area contributed by atoms with Gasteiger partial charge in [0.25, 0.3) is 5.92 Å². The number of aliphatic hydroxyl groups excluding tert-OH is 1. The molecule has 0 aromatic carbocycles. The van der Waals surface area contributed by atoms with E-state index in [1.54, 1.807) is 16.3 Å². The second-order valence-electron chi connectivity index (χ2n) is 9.02. The molecule has 3 heterocycles. The Hall–Kier alpha value is -2.10. The van der Waals surface area contributed by atoms with Crippen molar-refractivity contribution in [2.75, 3.05) is 25.0 Å². The molecular weight excluding hydrogens is 504 g/mol. The minimum Gasteiger partial charge on any atom is -0.393 e. The zero-order valence-corrected chi connectivity index (χ0v) is 20.4. The number of aliphatic hydroxyl groups is 1. The summed E-state index contributed by atoms with van der Waals surface area (Å²) in [4.78, 5) is 23.5. The van der Waals surface area contributed by atoms with Crippen molar-refractivity contribution < 1.29 is 31.3 Å². The molecule has 4 rings (SSSR count). The Balaban J connectivity index is 1.41. The lowest BCUT2D eigenvalue weighted by atomic mass is 10.1. The minimum absolute atomic E-state index is 0.0986. The number of alkyl halides is 2. The van der Waals surface area contributed by atoms with Gasteiger partial charge in [-0.25, -0.2) is 23.9 Å². The third-order valence-electron chi connectivity index (χ3n) is 6.16. The molecule has 0 unspecified atom stereocenters. The Morgan fingerprint density at radius 1 is 1.40 bits per heavy atom. The van der Waals surface area contributed by atoms with Crippen LogP contribution in [0, 0.1) is 5.92 Å². The maximum atomic E-state index is 13.7. The highest BCUT2D eigenvalue weighted by molar-refractivity contribution is 7.84. The first-order valence-electron chi connectivity index (χ1n) is 11.1. The van der Waals surface area contributed by atoms with E-state index in [0.717, 1.165) is 5.56 Å². The molecule has 2 aromatic heterocycles. The predicted molar refractivity (Wildman–Crippen MR) is 124 cm³/mol. The molecule has 0 bridgehead atoms. The van der Waals surface area contributed by atoms with Gasteiger partial charge in [-0.2, -0.15) is 8.42 Å². The summed E-state index contributed by atoms with van der Waals surface area (Å²) >= 11 is 1.23. The van der Waals surface area contributed by atoms with Crippen LogP contribution in [0.5, 0.6) is 0 Å². The normalized spacial score (nSPS) is 25.0. The standard InChI is InChI=1S/C21H27F2N5O5S2/c22-21(23)2-1-3-28(11-21)8-13-4-18(34-10-13)19(30)16-7-25-12-26-20(16)27-15-5-14(17(29)6-15)9-33-35(24,31)32/h4,7,10,12,14-15,17,29H,1-3,5-6,8-9,11H2,(H2,24,31,32)(H,25,26,27)/t14-,15-,17+/m1/s1. The first-order valence-corrected chi connectivity index (χ1v) is 13.5. The van der Waals surface area contributed by atoms with Gasteiger partial charge in [0.05, 0.1) is 29.7 Å². The predicted octanol–water partition coefficient (Wildman–Crippen LogP) is 1.77. The SMILES string of the molecule is NS(=O)(=O)OC[C@H]1C[C@@H](Nc2ncncc2C(=O)c2cc(CN3CCCC(F)(F)C3)cs2)C[C@@H]1O. The van der Waals surface area contributed by atoms with E-state index in [2.05, 4.69) is 19.5 Å². The zero-order chi connectivity index (χ0) is 25.2. The van der Waals surface area contributed by atoms with Gasteiger partial charge in [0, 0.05) is 31.1 Å². The summed E-state index contributed by atoms with van der Waals surface area (Å²) in [6.07, 6.45) is 2.91. The van der Waals surface area contributed by atoms with Gasteiger partial charge in [0.15, 0.2) is 0 Å². The molecular formula is C21H27F2N5O5S2. The molecule has 0 spiro atoms. The summed E-state index contributed by atoms with van der Waals surface area (Å²) < 4.78 is 54.1. The molecule has 1 saturated carbocycles. The van der Waals surface area contributed by atoms with E-state index in [4.69, 9.17) is 5.14 Å². The number of piperidine rings is 1. The Morgan fingerprint density at radius 2 is 2.20 bits per heavy atom. The molecule has 2 aromatic rings. The number of hydrogen-bond donors (Lipinski definition) is 3. The van der Waals surface area contributed by atoms with Gasteiger partial charge in [0.2, 0.25) is 5.78 Å². The maximum Gasteiger partial charge on any atom is 0.333 e. The van der Waals surface area contributed by atoms with Crippen molar-refractivity contribution in [3.63, 3.8) is 0 Å². The summed E-state index contributed by atoms with van der Waals surface area (Å²) in [5.74, 6) is -3.15. The number of hydrogen-bond acceptors (Lipinski definition) is 10. The molecule has 35 heavy (non-hydrogen) atoms. The molecule has 0 amide bonds. The van der Waals surface area contributed by atoms with E-state index in [9.17, 15) is 27.1 Å². The summed E-state index contributed by atoms with van der Waals surface area (Å²) in [5, 5.41) is 20.0.